The van der Waals surface area contributed by atoms with Crippen LogP contribution in [0.3, 0.4) is 0 Å². The lowest BCUT2D eigenvalue weighted by molar-refractivity contribution is -0.136. The Bertz CT molecular complexity index is 1260. The number of aliphatic carboxylic acids is 1. The van der Waals surface area contributed by atoms with E-state index in [1.807, 2.05) is 0 Å². The molecule has 0 radical (unpaired) electrons. The first-order chi connectivity index (χ1) is 12.4. The van der Waals surface area contributed by atoms with Gasteiger partial charge in [0, 0.05) is 24.1 Å². The Labute approximate surface area is 145 Å². The molecule has 0 fully saturated rings. The van der Waals surface area contributed by atoms with E-state index in [0.29, 0.717) is 44.2 Å². The molecule has 2 aromatic heterocycles. The number of carboxylic acids is 1. The summed E-state index contributed by atoms with van der Waals surface area (Å²) in [6, 6.07) is 9.86. The zero-order chi connectivity index (χ0) is 18.4. The third-order valence-electron chi connectivity index (χ3n) is 4.06. The van der Waals surface area contributed by atoms with E-state index >= 15 is 0 Å². The first-order valence-corrected chi connectivity index (χ1v) is 7.84. The molecule has 7 nitrogen and oxygen atoms in total. The predicted octanol–water partition coefficient (Wildman–Crippen LogP) is 3.28. The van der Waals surface area contributed by atoms with Crippen LogP contribution in [0, 0.1) is 0 Å². The summed E-state index contributed by atoms with van der Waals surface area (Å²) in [4.78, 5) is 34.5. The maximum atomic E-state index is 12.5. The second-order valence-electron chi connectivity index (χ2n) is 5.99. The van der Waals surface area contributed by atoms with Crippen LogP contribution in [0.25, 0.3) is 32.9 Å². The molecule has 26 heavy (non-hydrogen) atoms. The number of anilines is 1. The Balaban J connectivity index is 1.98. The molecule has 0 bridgehead atoms. The van der Waals surface area contributed by atoms with Gasteiger partial charge in [-0.3, -0.25) is 9.59 Å². The van der Waals surface area contributed by atoms with Crippen LogP contribution in [0.15, 0.2) is 50.0 Å². The van der Waals surface area contributed by atoms with Gasteiger partial charge in [-0.05, 0) is 29.8 Å². The van der Waals surface area contributed by atoms with Crippen molar-refractivity contribution in [1.82, 2.24) is 0 Å². The summed E-state index contributed by atoms with van der Waals surface area (Å²) in [5.41, 5.74) is 1.60. The second kappa shape index (κ2) is 5.73. The summed E-state index contributed by atoms with van der Waals surface area (Å²) in [5, 5.41) is 13.0. The van der Waals surface area contributed by atoms with Crippen LogP contribution in [-0.2, 0) is 16.0 Å². The highest BCUT2D eigenvalue weighted by atomic mass is 16.4. The second-order valence-corrected chi connectivity index (χ2v) is 5.99. The van der Waals surface area contributed by atoms with E-state index < -0.39 is 11.6 Å². The zero-order valence-electron chi connectivity index (χ0n) is 13.7. The lowest BCUT2D eigenvalue weighted by Crippen LogP contribution is -2.05. The normalized spacial score (nSPS) is 11.3. The van der Waals surface area contributed by atoms with Crippen molar-refractivity contribution < 1.29 is 23.5 Å². The number of hydrogen-bond acceptors (Lipinski definition) is 5. The number of carbonyl (C=O) groups excluding carboxylic acids is 1. The van der Waals surface area contributed by atoms with Crippen LogP contribution >= 0.6 is 0 Å². The molecule has 0 spiro atoms. The Hall–Kier alpha value is -3.61. The molecule has 0 saturated carbocycles. The highest BCUT2D eigenvalue weighted by molar-refractivity contribution is 6.13. The molecular weight excluding hydrogens is 338 g/mol. The summed E-state index contributed by atoms with van der Waals surface area (Å²) < 4.78 is 11.2. The van der Waals surface area contributed by atoms with Crippen molar-refractivity contribution in [3.05, 3.63) is 52.4 Å². The van der Waals surface area contributed by atoms with Gasteiger partial charge < -0.3 is 19.3 Å². The van der Waals surface area contributed by atoms with Crippen LogP contribution in [0.2, 0.25) is 0 Å². The molecule has 0 aliphatic rings. The summed E-state index contributed by atoms with van der Waals surface area (Å²) in [5.74, 6) is -1.18. The van der Waals surface area contributed by atoms with E-state index in [2.05, 4.69) is 5.32 Å². The Kier molecular flexibility index (Phi) is 3.50. The fraction of sp³-hybridized carbons (Fsp3) is 0.105. The van der Waals surface area contributed by atoms with Gasteiger partial charge >= 0.3 is 11.6 Å². The van der Waals surface area contributed by atoms with Crippen LogP contribution in [0.5, 0.6) is 0 Å². The molecule has 4 rings (SSSR count). The predicted molar refractivity (Wildman–Crippen MR) is 95.4 cm³/mol. The number of benzene rings is 2. The van der Waals surface area contributed by atoms with Gasteiger partial charge in [-0.15, -0.1) is 0 Å². The van der Waals surface area contributed by atoms with Crippen molar-refractivity contribution in [3.8, 4) is 0 Å². The summed E-state index contributed by atoms with van der Waals surface area (Å²) >= 11 is 0. The van der Waals surface area contributed by atoms with Crippen molar-refractivity contribution in [1.29, 1.82) is 0 Å². The number of rotatable bonds is 3. The van der Waals surface area contributed by atoms with E-state index in [-0.39, 0.29) is 12.3 Å². The molecule has 0 atom stereocenters. The molecule has 4 aromatic rings. The Morgan fingerprint density at radius 2 is 1.77 bits per heavy atom. The van der Waals surface area contributed by atoms with Gasteiger partial charge in [-0.2, -0.15) is 0 Å². The minimum absolute atomic E-state index is 0.136. The quantitative estimate of drug-likeness (QED) is 0.548. The number of fused-ring (bicyclic) bond motifs is 5. The number of furan rings is 1. The van der Waals surface area contributed by atoms with Crippen LogP contribution in [0.1, 0.15) is 12.5 Å². The van der Waals surface area contributed by atoms with Crippen molar-refractivity contribution in [2.24, 2.45) is 0 Å². The van der Waals surface area contributed by atoms with Crippen molar-refractivity contribution in [2.75, 3.05) is 5.32 Å². The molecule has 130 valence electrons. The van der Waals surface area contributed by atoms with E-state index in [1.54, 1.807) is 36.4 Å². The molecule has 1 amide bonds. The summed E-state index contributed by atoms with van der Waals surface area (Å²) in [6.45, 7) is 1.39. The van der Waals surface area contributed by atoms with Crippen molar-refractivity contribution in [2.45, 2.75) is 13.3 Å². The summed E-state index contributed by atoms with van der Waals surface area (Å²) in [7, 11) is 0. The van der Waals surface area contributed by atoms with Crippen molar-refractivity contribution >= 4 is 50.5 Å². The fourth-order valence-electron chi connectivity index (χ4n) is 3.04. The van der Waals surface area contributed by atoms with Gasteiger partial charge in [0.25, 0.3) is 0 Å². The third-order valence-corrected chi connectivity index (χ3v) is 4.06. The van der Waals surface area contributed by atoms with Gasteiger partial charge in [0.15, 0.2) is 5.58 Å². The highest BCUT2D eigenvalue weighted by Gasteiger charge is 2.17. The zero-order valence-corrected chi connectivity index (χ0v) is 13.7. The van der Waals surface area contributed by atoms with Crippen LogP contribution < -0.4 is 10.9 Å². The molecule has 7 heteroatoms. The molecular formula is C19H13NO6. The van der Waals surface area contributed by atoms with E-state index in [1.165, 1.54) is 6.92 Å². The van der Waals surface area contributed by atoms with Crippen LogP contribution in [-0.4, -0.2) is 17.0 Å². The number of nitrogens with one attached hydrogen (secondary N) is 1. The van der Waals surface area contributed by atoms with Crippen molar-refractivity contribution in [3.63, 3.8) is 0 Å². The van der Waals surface area contributed by atoms with Gasteiger partial charge in [-0.25, -0.2) is 4.79 Å². The minimum Gasteiger partial charge on any atom is -0.481 e. The largest absolute Gasteiger partial charge is 0.481 e. The topological polar surface area (TPSA) is 110 Å². The van der Waals surface area contributed by atoms with E-state index in [4.69, 9.17) is 13.9 Å². The van der Waals surface area contributed by atoms with Gasteiger partial charge in [0.2, 0.25) is 5.91 Å². The molecule has 0 unspecified atom stereocenters. The minimum atomic E-state index is -0.948. The first kappa shape index (κ1) is 15.9. The monoisotopic (exact) mass is 351 g/mol. The maximum absolute atomic E-state index is 12.5. The highest BCUT2D eigenvalue weighted by Crippen LogP contribution is 2.33. The molecule has 0 aliphatic heterocycles. The maximum Gasteiger partial charge on any atom is 0.348 e. The first-order valence-electron chi connectivity index (χ1n) is 7.84. The lowest BCUT2D eigenvalue weighted by Gasteiger charge is -2.03. The van der Waals surface area contributed by atoms with E-state index in [0.717, 1.165) is 0 Å². The standard InChI is InChI=1S/C19H13NO6/c1-9(21)20-11-3-5-13-15(8-11)26-19(24)17-12-4-2-10(7-16(22)23)6-14(12)25-18(13)17/h2-6,8H,7H2,1H3,(H,20,21)(H,22,23). The molecule has 2 aromatic carbocycles. The smallest absolute Gasteiger partial charge is 0.348 e. The summed E-state index contributed by atoms with van der Waals surface area (Å²) in [6.07, 6.45) is -0.136. The van der Waals surface area contributed by atoms with Crippen LogP contribution in [0.4, 0.5) is 5.69 Å². The average Bonchev–Trinajstić information content (AvgIpc) is 2.92. The number of amides is 1. The molecule has 2 heterocycles. The number of carboxylic acid groups (broad SMARTS) is 1. The SMILES string of the molecule is CC(=O)Nc1ccc2c(c1)oc(=O)c1c3ccc(CC(=O)O)cc3oc21. The fourth-order valence-corrected chi connectivity index (χ4v) is 3.04. The molecule has 0 saturated heterocycles. The van der Waals surface area contributed by atoms with Gasteiger partial charge in [0.05, 0.1) is 11.8 Å². The van der Waals surface area contributed by atoms with E-state index in [9.17, 15) is 14.4 Å². The Morgan fingerprint density at radius 1 is 1.04 bits per heavy atom. The van der Waals surface area contributed by atoms with Gasteiger partial charge in [-0.1, -0.05) is 6.07 Å². The third kappa shape index (κ3) is 2.59. The Morgan fingerprint density at radius 3 is 2.50 bits per heavy atom. The van der Waals surface area contributed by atoms with Gasteiger partial charge in [0.1, 0.15) is 16.6 Å². The average molecular weight is 351 g/mol. The number of hydrogen-bond donors (Lipinski definition) is 2. The molecule has 2 N–H and O–H groups in total. The number of carbonyl (C=O) groups is 2. The lowest BCUT2D eigenvalue weighted by atomic mass is 10.1. The molecule has 0 aliphatic carbocycles.